The number of amidine groups is 1. The maximum Gasteiger partial charge on any atom is 0.262 e. The largest absolute Gasteiger partial charge is 0.385 e. The number of amides is 3. The Morgan fingerprint density at radius 3 is 2.63 bits per heavy atom. The van der Waals surface area contributed by atoms with Crippen LogP contribution in [0, 0.1) is 0 Å². The first-order valence-corrected chi connectivity index (χ1v) is 11.0. The summed E-state index contributed by atoms with van der Waals surface area (Å²) in [4.78, 5) is 44.8. The third-order valence-corrected chi connectivity index (χ3v) is 6.29. The van der Waals surface area contributed by atoms with E-state index in [9.17, 15) is 14.4 Å². The number of thioether (sulfide) groups is 1. The van der Waals surface area contributed by atoms with Gasteiger partial charge in [-0.15, -0.1) is 0 Å². The Morgan fingerprint density at radius 2 is 1.97 bits per heavy atom. The van der Waals surface area contributed by atoms with E-state index >= 15 is 0 Å². The smallest absolute Gasteiger partial charge is 0.262 e. The molecular formula is C21H28N4O4S. The first-order chi connectivity index (χ1) is 14.5. The van der Waals surface area contributed by atoms with E-state index in [-0.39, 0.29) is 24.1 Å². The third-order valence-electron chi connectivity index (χ3n) is 5.08. The molecule has 2 aliphatic rings. The molecule has 1 unspecified atom stereocenters. The molecule has 0 bridgehead atoms. The van der Waals surface area contributed by atoms with Crippen LogP contribution in [-0.4, -0.2) is 78.3 Å². The van der Waals surface area contributed by atoms with E-state index in [2.05, 4.69) is 15.2 Å². The zero-order valence-electron chi connectivity index (χ0n) is 17.4. The van der Waals surface area contributed by atoms with E-state index < -0.39 is 5.25 Å². The first-order valence-electron chi connectivity index (χ1n) is 10.2. The maximum atomic E-state index is 12.4. The summed E-state index contributed by atoms with van der Waals surface area (Å²) in [5.74, 6) is -0.562. The minimum Gasteiger partial charge on any atom is -0.385 e. The molecule has 1 aromatic rings. The van der Waals surface area contributed by atoms with Gasteiger partial charge in [0, 0.05) is 58.1 Å². The first kappa shape index (κ1) is 22.3. The predicted molar refractivity (Wildman–Crippen MR) is 118 cm³/mol. The molecule has 0 saturated carbocycles. The maximum absolute atomic E-state index is 12.4. The second-order valence-corrected chi connectivity index (χ2v) is 8.61. The van der Waals surface area contributed by atoms with Gasteiger partial charge in [-0.05, 0) is 43.5 Å². The molecule has 3 amide bonds. The monoisotopic (exact) mass is 432 g/mol. The van der Waals surface area contributed by atoms with E-state index in [0.29, 0.717) is 24.4 Å². The van der Waals surface area contributed by atoms with Gasteiger partial charge in [0.2, 0.25) is 5.91 Å². The van der Waals surface area contributed by atoms with Crippen molar-refractivity contribution >= 4 is 40.3 Å². The van der Waals surface area contributed by atoms with Gasteiger partial charge in [0.1, 0.15) is 5.25 Å². The predicted octanol–water partition coefficient (Wildman–Crippen LogP) is 2.22. The van der Waals surface area contributed by atoms with Crippen molar-refractivity contribution in [3.8, 4) is 0 Å². The van der Waals surface area contributed by atoms with E-state index in [0.717, 1.165) is 37.5 Å². The van der Waals surface area contributed by atoms with Gasteiger partial charge in [0.15, 0.2) is 5.17 Å². The zero-order valence-corrected chi connectivity index (χ0v) is 18.2. The molecule has 3 rings (SSSR count). The number of carbonyl (C=O) groups is 3. The van der Waals surface area contributed by atoms with Crippen LogP contribution < -0.4 is 5.32 Å². The van der Waals surface area contributed by atoms with Crippen molar-refractivity contribution in [1.82, 2.24) is 9.80 Å². The van der Waals surface area contributed by atoms with Gasteiger partial charge in [0.05, 0.1) is 0 Å². The van der Waals surface area contributed by atoms with Gasteiger partial charge in [-0.25, -0.2) is 0 Å². The van der Waals surface area contributed by atoms with Crippen LogP contribution in [0.2, 0.25) is 0 Å². The van der Waals surface area contributed by atoms with Gasteiger partial charge < -0.3 is 19.9 Å². The molecular weight excluding hydrogens is 404 g/mol. The molecule has 30 heavy (non-hydrogen) atoms. The number of anilines is 1. The minimum absolute atomic E-state index is 0.0766. The number of aliphatic imine (C=N–C) groups is 1. The third kappa shape index (κ3) is 5.82. The van der Waals surface area contributed by atoms with E-state index in [1.165, 1.54) is 11.8 Å². The zero-order chi connectivity index (χ0) is 21.5. The number of hydrogen-bond donors (Lipinski definition) is 1. The summed E-state index contributed by atoms with van der Waals surface area (Å²) in [7, 11) is 3.39. The summed E-state index contributed by atoms with van der Waals surface area (Å²) in [6.07, 6.45) is 3.07. The van der Waals surface area contributed by atoms with Crippen LogP contribution in [0.1, 0.15) is 36.0 Å². The van der Waals surface area contributed by atoms with Crippen LogP contribution in [0.15, 0.2) is 29.3 Å². The van der Waals surface area contributed by atoms with Crippen molar-refractivity contribution < 1.29 is 19.1 Å². The van der Waals surface area contributed by atoms with Crippen molar-refractivity contribution in [2.45, 2.75) is 30.9 Å². The lowest BCUT2D eigenvalue weighted by atomic mass is 10.1. The van der Waals surface area contributed by atoms with Crippen molar-refractivity contribution in [3.63, 3.8) is 0 Å². The number of hydrogen-bond acceptors (Lipinski definition) is 6. The molecule has 2 aliphatic heterocycles. The molecule has 8 nitrogen and oxygen atoms in total. The number of carbonyl (C=O) groups excluding carboxylic acids is 3. The van der Waals surface area contributed by atoms with Crippen LogP contribution in [0.4, 0.5) is 5.69 Å². The fourth-order valence-electron chi connectivity index (χ4n) is 3.40. The van der Waals surface area contributed by atoms with E-state index in [4.69, 9.17) is 4.74 Å². The Bertz CT molecular complexity index is 806. The second kappa shape index (κ2) is 10.6. The number of nitrogens with one attached hydrogen (secondary N) is 1. The van der Waals surface area contributed by atoms with Gasteiger partial charge in [-0.3, -0.25) is 14.4 Å². The van der Waals surface area contributed by atoms with Crippen LogP contribution in [-0.2, 0) is 14.3 Å². The summed E-state index contributed by atoms with van der Waals surface area (Å²) < 4.78 is 5.01. The van der Waals surface area contributed by atoms with E-state index in [1.54, 1.807) is 43.3 Å². The molecule has 0 radical (unpaired) electrons. The highest BCUT2D eigenvalue weighted by Gasteiger charge is 2.33. The molecule has 0 aromatic heterocycles. The summed E-state index contributed by atoms with van der Waals surface area (Å²) in [6.45, 7) is 3.06. The average Bonchev–Trinajstić information content (AvgIpc) is 3.38. The molecule has 9 heteroatoms. The number of methoxy groups -OCH3 is 1. The van der Waals surface area contributed by atoms with Crippen LogP contribution in [0.25, 0.3) is 0 Å². The number of likely N-dealkylation sites (tertiary alicyclic amines) is 1. The fraction of sp³-hybridized carbons (Fsp3) is 0.524. The molecule has 1 atom stereocenters. The topological polar surface area (TPSA) is 91.3 Å². The molecule has 162 valence electrons. The molecule has 1 saturated heterocycles. The normalized spacial score (nSPS) is 18.5. The van der Waals surface area contributed by atoms with Crippen molar-refractivity contribution in [1.29, 1.82) is 0 Å². The Kier molecular flexibility index (Phi) is 7.87. The van der Waals surface area contributed by atoms with Crippen LogP contribution >= 0.6 is 11.8 Å². The summed E-state index contributed by atoms with van der Waals surface area (Å²) in [5.41, 5.74) is 1.15. The lowest BCUT2D eigenvalue weighted by Gasteiger charge is -2.17. The highest BCUT2D eigenvalue weighted by atomic mass is 32.2. The highest BCUT2D eigenvalue weighted by Crippen LogP contribution is 2.29. The quantitative estimate of drug-likeness (QED) is 0.634. The minimum atomic E-state index is -0.470. The Hall–Kier alpha value is -2.39. The van der Waals surface area contributed by atoms with Gasteiger partial charge in [-0.2, -0.15) is 4.99 Å². The van der Waals surface area contributed by atoms with Crippen molar-refractivity contribution in [2.24, 2.45) is 4.99 Å². The fourth-order valence-corrected chi connectivity index (χ4v) is 4.51. The van der Waals surface area contributed by atoms with Gasteiger partial charge in [0.25, 0.3) is 11.8 Å². The summed E-state index contributed by atoms with van der Waals surface area (Å²) >= 11 is 1.38. The molecule has 2 heterocycles. The lowest BCUT2D eigenvalue weighted by Crippen LogP contribution is -2.28. The Morgan fingerprint density at radius 1 is 1.27 bits per heavy atom. The summed E-state index contributed by atoms with van der Waals surface area (Å²) in [6, 6.07) is 6.78. The van der Waals surface area contributed by atoms with Crippen LogP contribution in [0.5, 0.6) is 0 Å². The van der Waals surface area contributed by atoms with Gasteiger partial charge >= 0.3 is 0 Å². The average molecular weight is 433 g/mol. The Labute approximate surface area is 181 Å². The SMILES string of the molecule is COCCCN(C)C(=O)c1ccc(NC(=O)CC2SC(N3CCCC3)=NC2=O)cc1. The molecule has 1 fully saturated rings. The van der Waals surface area contributed by atoms with Gasteiger partial charge in [-0.1, -0.05) is 11.8 Å². The highest BCUT2D eigenvalue weighted by molar-refractivity contribution is 8.15. The van der Waals surface area contributed by atoms with Crippen molar-refractivity contribution in [2.75, 3.05) is 45.7 Å². The Balaban J connectivity index is 1.48. The number of benzene rings is 1. The standard InChI is InChI=1S/C21H28N4O4S/c1-24(10-5-13-29-2)20(28)15-6-8-16(9-7-15)22-18(26)14-17-19(27)23-21(30-17)25-11-3-4-12-25/h6-9,17H,3-5,10-14H2,1-2H3,(H,22,26). The molecule has 1 aromatic carbocycles. The summed E-state index contributed by atoms with van der Waals surface area (Å²) in [5, 5.41) is 3.07. The molecule has 0 aliphatic carbocycles. The van der Waals surface area contributed by atoms with Crippen LogP contribution in [0.3, 0.4) is 0 Å². The second-order valence-electron chi connectivity index (χ2n) is 7.44. The van der Waals surface area contributed by atoms with E-state index in [1.807, 2.05) is 0 Å². The number of ether oxygens (including phenoxy) is 1. The van der Waals surface area contributed by atoms with Crippen molar-refractivity contribution in [3.05, 3.63) is 29.8 Å². The number of rotatable bonds is 8. The number of nitrogens with zero attached hydrogens (tertiary/aromatic N) is 3. The molecule has 1 N–H and O–H groups in total. The lowest BCUT2D eigenvalue weighted by molar-refractivity contribution is -0.121. The molecule has 0 spiro atoms.